The molecular formula is C28H26N2O4. The molecular weight excluding hydrogens is 428 g/mol. The molecule has 6 heteroatoms. The molecule has 5 aromatic carbocycles. The minimum Gasteiger partial charge on any atom is -0.480 e. The van der Waals surface area contributed by atoms with Gasteiger partial charge in [-0.15, -0.1) is 0 Å². The van der Waals surface area contributed by atoms with Gasteiger partial charge in [-0.05, 0) is 51.9 Å². The van der Waals surface area contributed by atoms with Crippen LogP contribution < -0.4 is 11.1 Å². The molecule has 0 radical (unpaired) electrons. The Bertz CT molecular complexity index is 1430. The molecule has 0 heterocycles. The van der Waals surface area contributed by atoms with Crippen molar-refractivity contribution in [2.24, 2.45) is 5.73 Å². The summed E-state index contributed by atoms with van der Waals surface area (Å²) in [5.74, 6) is -1.82. The largest absolute Gasteiger partial charge is 0.480 e. The van der Waals surface area contributed by atoms with Gasteiger partial charge in [0.05, 0.1) is 0 Å². The van der Waals surface area contributed by atoms with Crippen LogP contribution in [0.15, 0.2) is 84.9 Å². The van der Waals surface area contributed by atoms with Crippen LogP contribution in [-0.2, 0) is 16.0 Å². The lowest BCUT2D eigenvalue weighted by atomic mass is 9.93. The summed E-state index contributed by atoms with van der Waals surface area (Å²) in [7, 11) is 0. The second kappa shape index (κ2) is 9.77. The van der Waals surface area contributed by atoms with E-state index in [4.69, 9.17) is 15.9 Å². The zero-order chi connectivity index (χ0) is 24.2. The third-order valence-corrected chi connectivity index (χ3v) is 5.89. The molecule has 172 valence electrons. The molecule has 0 aliphatic heterocycles. The Kier molecular flexibility index (Phi) is 6.61. The van der Waals surface area contributed by atoms with Crippen LogP contribution in [0.3, 0.4) is 0 Å². The zero-order valence-electron chi connectivity index (χ0n) is 18.7. The summed E-state index contributed by atoms with van der Waals surface area (Å²) in [5.41, 5.74) is 7.16. The van der Waals surface area contributed by atoms with E-state index >= 15 is 0 Å². The van der Waals surface area contributed by atoms with E-state index in [1.54, 1.807) is 6.92 Å². The average Bonchev–Trinajstić information content (AvgIpc) is 2.84. The zero-order valence-corrected chi connectivity index (χ0v) is 18.7. The maximum Gasteiger partial charge on any atom is 0.325 e. The topological polar surface area (TPSA) is 113 Å². The average molecular weight is 455 g/mol. The lowest BCUT2D eigenvalue weighted by Gasteiger charge is -2.16. The maximum atomic E-state index is 11.1. The SMILES string of the molecule is CC(Nc1ccc2ccc3cccc4ccc1c2c34)C(=O)O.NC(Cc1ccccc1)C(=O)O. The Labute approximate surface area is 197 Å². The van der Waals surface area contributed by atoms with E-state index in [9.17, 15) is 9.59 Å². The normalized spacial score (nSPS) is 12.8. The van der Waals surface area contributed by atoms with Crippen molar-refractivity contribution in [3.63, 3.8) is 0 Å². The summed E-state index contributed by atoms with van der Waals surface area (Å²) in [4.78, 5) is 21.5. The van der Waals surface area contributed by atoms with Crippen LogP contribution in [0.1, 0.15) is 12.5 Å². The molecule has 0 saturated heterocycles. The molecule has 5 rings (SSSR count). The first-order chi connectivity index (χ1) is 16.3. The molecule has 0 fully saturated rings. The second-order valence-electron chi connectivity index (χ2n) is 8.31. The number of aliphatic carboxylic acids is 2. The highest BCUT2D eigenvalue weighted by molar-refractivity contribution is 6.25. The van der Waals surface area contributed by atoms with E-state index in [2.05, 4.69) is 47.8 Å². The summed E-state index contributed by atoms with van der Waals surface area (Å²) in [6, 6.07) is 26.6. The predicted molar refractivity (Wildman–Crippen MR) is 137 cm³/mol. The number of carboxylic acids is 2. The monoisotopic (exact) mass is 454 g/mol. The Morgan fingerprint density at radius 1 is 0.765 bits per heavy atom. The third-order valence-electron chi connectivity index (χ3n) is 5.89. The molecule has 0 saturated carbocycles. The molecule has 34 heavy (non-hydrogen) atoms. The van der Waals surface area contributed by atoms with Crippen molar-refractivity contribution < 1.29 is 19.8 Å². The molecule has 0 aliphatic carbocycles. The van der Waals surface area contributed by atoms with E-state index in [-0.39, 0.29) is 0 Å². The van der Waals surface area contributed by atoms with E-state index < -0.39 is 24.0 Å². The molecule has 2 unspecified atom stereocenters. The van der Waals surface area contributed by atoms with Crippen LogP contribution in [0.4, 0.5) is 5.69 Å². The van der Waals surface area contributed by atoms with Crippen LogP contribution in [0.2, 0.25) is 0 Å². The lowest BCUT2D eigenvalue weighted by molar-refractivity contribution is -0.139. The smallest absolute Gasteiger partial charge is 0.325 e. The minimum atomic E-state index is -0.959. The van der Waals surface area contributed by atoms with Crippen molar-refractivity contribution in [3.05, 3.63) is 90.5 Å². The first-order valence-corrected chi connectivity index (χ1v) is 11.0. The summed E-state index contributed by atoms with van der Waals surface area (Å²) in [6.45, 7) is 1.65. The van der Waals surface area contributed by atoms with Crippen molar-refractivity contribution in [3.8, 4) is 0 Å². The number of nitrogens with two attached hydrogens (primary N) is 1. The van der Waals surface area contributed by atoms with Crippen molar-refractivity contribution in [1.82, 2.24) is 0 Å². The number of nitrogens with one attached hydrogen (secondary N) is 1. The fourth-order valence-corrected chi connectivity index (χ4v) is 4.11. The number of anilines is 1. The number of benzene rings is 5. The number of hydrogen-bond acceptors (Lipinski definition) is 4. The number of hydrogen-bond donors (Lipinski definition) is 4. The van der Waals surface area contributed by atoms with Crippen molar-refractivity contribution >= 4 is 49.9 Å². The van der Waals surface area contributed by atoms with Gasteiger partial charge in [0, 0.05) is 11.1 Å². The number of carboxylic acid groups (broad SMARTS) is 2. The molecule has 0 bridgehead atoms. The highest BCUT2D eigenvalue weighted by Crippen LogP contribution is 2.37. The number of carbonyl (C=O) groups is 2. The van der Waals surface area contributed by atoms with Crippen LogP contribution in [0, 0.1) is 0 Å². The van der Waals surface area contributed by atoms with Gasteiger partial charge in [0.2, 0.25) is 0 Å². The Morgan fingerprint density at radius 2 is 1.35 bits per heavy atom. The molecule has 2 atom stereocenters. The van der Waals surface area contributed by atoms with Crippen molar-refractivity contribution in [2.45, 2.75) is 25.4 Å². The van der Waals surface area contributed by atoms with Crippen LogP contribution in [-0.4, -0.2) is 34.2 Å². The summed E-state index contributed by atoms with van der Waals surface area (Å²) >= 11 is 0. The van der Waals surface area contributed by atoms with E-state index in [1.807, 2.05) is 42.5 Å². The summed E-state index contributed by atoms with van der Waals surface area (Å²) in [6.07, 6.45) is 0.385. The van der Waals surface area contributed by atoms with E-state index in [0.717, 1.165) is 16.6 Å². The highest BCUT2D eigenvalue weighted by atomic mass is 16.4. The first-order valence-electron chi connectivity index (χ1n) is 11.0. The molecule has 0 aromatic heterocycles. The van der Waals surface area contributed by atoms with Gasteiger partial charge in [0.25, 0.3) is 0 Å². The van der Waals surface area contributed by atoms with E-state index in [1.165, 1.54) is 26.9 Å². The van der Waals surface area contributed by atoms with Gasteiger partial charge in [-0.25, -0.2) is 0 Å². The Hall–Kier alpha value is -4.16. The third kappa shape index (κ3) is 4.77. The summed E-state index contributed by atoms with van der Waals surface area (Å²) < 4.78 is 0. The second-order valence-corrected chi connectivity index (χ2v) is 8.31. The van der Waals surface area contributed by atoms with Gasteiger partial charge >= 0.3 is 11.9 Å². The fourth-order valence-electron chi connectivity index (χ4n) is 4.11. The van der Waals surface area contributed by atoms with Gasteiger partial charge in [-0.2, -0.15) is 0 Å². The summed E-state index contributed by atoms with van der Waals surface area (Å²) in [5, 5.41) is 27.8. The molecule has 0 spiro atoms. The van der Waals surface area contributed by atoms with Gasteiger partial charge in [-0.1, -0.05) is 78.9 Å². The van der Waals surface area contributed by atoms with E-state index in [0.29, 0.717) is 6.42 Å². The molecule has 0 aliphatic rings. The van der Waals surface area contributed by atoms with Gasteiger partial charge < -0.3 is 21.3 Å². The first kappa shape index (κ1) is 23.0. The Balaban J connectivity index is 0.000000195. The predicted octanol–water partition coefficient (Wildman–Crippen LogP) is 5.11. The minimum absolute atomic E-state index is 0.385. The quantitative estimate of drug-likeness (QED) is 0.265. The highest BCUT2D eigenvalue weighted by Gasteiger charge is 2.15. The van der Waals surface area contributed by atoms with Gasteiger partial charge in [0.15, 0.2) is 0 Å². The van der Waals surface area contributed by atoms with Crippen LogP contribution in [0.5, 0.6) is 0 Å². The van der Waals surface area contributed by atoms with Crippen LogP contribution in [0.25, 0.3) is 32.3 Å². The van der Waals surface area contributed by atoms with Crippen molar-refractivity contribution in [1.29, 1.82) is 0 Å². The van der Waals surface area contributed by atoms with Crippen LogP contribution >= 0.6 is 0 Å². The van der Waals surface area contributed by atoms with Gasteiger partial charge in [-0.3, -0.25) is 9.59 Å². The fraction of sp³-hybridized carbons (Fsp3) is 0.143. The van der Waals surface area contributed by atoms with Gasteiger partial charge in [0.1, 0.15) is 12.1 Å². The maximum absolute atomic E-state index is 11.1. The molecule has 0 amide bonds. The molecule has 5 aromatic rings. The number of rotatable bonds is 6. The molecule has 5 N–H and O–H groups in total. The molecule has 6 nitrogen and oxygen atoms in total. The standard InChI is InChI=1S/C19H15NO2.C9H11NO2/c1-11(19(21)22)20-16-10-8-14-6-5-12-3-2-4-13-7-9-15(16)18(14)17(12)13;10-8(9(11)12)6-7-4-2-1-3-5-7/h2-11,20H,1H3,(H,21,22);1-5,8H,6,10H2,(H,11,12). The Morgan fingerprint density at radius 3 is 1.97 bits per heavy atom. The lowest BCUT2D eigenvalue weighted by Crippen LogP contribution is -2.32. The van der Waals surface area contributed by atoms with Crippen molar-refractivity contribution in [2.75, 3.05) is 5.32 Å².